The molecule has 0 N–H and O–H groups in total. The van der Waals surface area contributed by atoms with Crippen molar-refractivity contribution in [3.05, 3.63) is 12.2 Å². The summed E-state index contributed by atoms with van der Waals surface area (Å²) in [4.78, 5) is 21.5. The van der Waals surface area contributed by atoms with Crippen molar-refractivity contribution in [3.8, 4) is 0 Å². The van der Waals surface area contributed by atoms with E-state index in [-0.39, 0.29) is 6.61 Å². The number of carbonyl (C=O) groups is 2. The zero-order valence-electron chi connectivity index (χ0n) is 8.51. The molecule has 0 aliphatic rings. The van der Waals surface area contributed by atoms with Crippen molar-refractivity contribution >= 4 is 11.9 Å². The van der Waals surface area contributed by atoms with Gasteiger partial charge in [0, 0.05) is 5.57 Å². The largest absolute Gasteiger partial charge is 0.466 e. The van der Waals surface area contributed by atoms with Crippen LogP contribution >= 0.6 is 0 Å². The van der Waals surface area contributed by atoms with Crippen LogP contribution in [0, 0.1) is 0 Å². The summed E-state index contributed by atoms with van der Waals surface area (Å²) in [7, 11) is 1.04. The van der Waals surface area contributed by atoms with E-state index in [9.17, 15) is 18.4 Å². The van der Waals surface area contributed by atoms with Gasteiger partial charge in [0.25, 0.3) is 0 Å². The minimum atomic E-state index is -3.75. The van der Waals surface area contributed by atoms with E-state index < -0.39 is 29.9 Å². The SMILES string of the molecule is C=C(CC(F)(F)C(=O)OCC)C(=O)OC. The number of ether oxygens (including phenoxy) is 2. The second kappa shape index (κ2) is 5.43. The van der Waals surface area contributed by atoms with Crippen molar-refractivity contribution < 1.29 is 27.8 Å². The highest BCUT2D eigenvalue weighted by Gasteiger charge is 2.42. The van der Waals surface area contributed by atoms with Gasteiger partial charge in [-0.1, -0.05) is 6.58 Å². The lowest BCUT2D eigenvalue weighted by Crippen LogP contribution is -2.32. The van der Waals surface area contributed by atoms with E-state index in [0.29, 0.717) is 0 Å². The van der Waals surface area contributed by atoms with Crippen LogP contribution in [-0.4, -0.2) is 31.6 Å². The summed E-state index contributed by atoms with van der Waals surface area (Å²) < 4.78 is 34.3. The summed E-state index contributed by atoms with van der Waals surface area (Å²) >= 11 is 0. The van der Waals surface area contributed by atoms with Gasteiger partial charge in [0.15, 0.2) is 0 Å². The zero-order valence-corrected chi connectivity index (χ0v) is 8.51. The van der Waals surface area contributed by atoms with Gasteiger partial charge in [-0.3, -0.25) is 0 Å². The Bertz CT molecular complexity index is 273. The monoisotopic (exact) mass is 222 g/mol. The number of rotatable bonds is 5. The first-order valence-electron chi connectivity index (χ1n) is 4.16. The van der Waals surface area contributed by atoms with E-state index in [2.05, 4.69) is 16.1 Å². The van der Waals surface area contributed by atoms with Gasteiger partial charge in [-0.2, -0.15) is 8.78 Å². The van der Waals surface area contributed by atoms with Crippen LogP contribution < -0.4 is 0 Å². The Hall–Kier alpha value is -1.46. The maximum Gasteiger partial charge on any atom is 0.377 e. The molecule has 0 aromatic rings. The fraction of sp³-hybridized carbons (Fsp3) is 0.556. The number of methoxy groups -OCH3 is 1. The van der Waals surface area contributed by atoms with E-state index in [0.717, 1.165) is 7.11 Å². The molecule has 0 spiro atoms. The van der Waals surface area contributed by atoms with Crippen molar-refractivity contribution in [2.75, 3.05) is 13.7 Å². The van der Waals surface area contributed by atoms with Crippen LogP contribution in [0.15, 0.2) is 12.2 Å². The Kier molecular flexibility index (Phi) is 4.90. The lowest BCUT2D eigenvalue weighted by molar-refractivity contribution is -0.171. The molecule has 0 bridgehead atoms. The molecule has 0 radical (unpaired) electrons. The topological polar surface area (TPSA) is 52.6 Å². The number of hydrogen-bond donors (Lipinski definition) is 0. The predicted molar refractivity (Wildman–Crippen MR) is 47.4 cm³/mol. The van der Waals surface area contributed by atoms with E-state index in [4.69, 9.17) is 0 Å². The van der Waals surface area contributed by atoms with Gasteiger partial charge in [0.2, 0.25) is 0 Å². The molecule has 0 heterocycles. The summed E-state index contributed by atoms with van der Waals surface area (Å²) in [5, 5.41) is 0. The van der Waals surface area contributed by atoms with Gasteiger partial charge < -0.3 is 9.47 Å². The highest BCUT2D eigenvalue weighted by Crippen LogP contribution is 2.24. The Morgan fingerprint density at radius 1 is 1.40 bits per heavy atom. The molecule has 86 valence electrons. The van der Waals surface area contributed by atoms with Gasteiger partial charge in [-0.05, 0) is 6.92 Å². The summed E-state index contributed by atoms with van der Waals surface area (Å²) in [6.45, 7) is 4.34. The van der Waals surface area contributed by atoms with Gasteiger partial charge in [0.1, 0.15) is 0 Å². The molecule has 0 aliphatic heterocycles. The molecule has 15 heavy (non-hydrogen) atoms. The Balaban J connectivity index is 4.43. The van der Waals surface area contributed by atoms with Crippen LogP contribution in [0.3, 0.4) is 0 Å². The first kappa shape index (κ1) is 13.5. The van der Waals surface area contributed by atoms with Gasteiger partial charge in [-0.15, -0.1) is 0 Å². The van der Waals surface area contributed by atoms with Crippen LogP contribution in [0.4, 0.5) is 8.78 Å². The molecular formula is C9H12F2O4. The molecule has 0 fully saturated rings. The minimum Gasteiger partial charge on any atom is -0.466 e. The highest BCUT2D eigenvalue weighted by molar-refractivity contribution is 5.89. The van der Waals surface area contributed by atoms with Crippen molar-refractivity contribution in [1.29, 1.82) is 0 Å². The lowest BCUT2D eigenvalue weighted by atomic mass is 10.1. The molecular weight excluding hydrogens is 210 g/mol. The van der Waals surface area contributed by atoms with Crippen molar-refractivity contribution in [3.63, 3.8) is 0 Å². The molecule has 0 aromatic heterocycles. The molecule has 0 amide bonds. The van der Waals surface area contributed by atoms with E-state index in [1.165, 1.54) is 6.92 Å². The average Bonchev–Trinajstić information content (AvgIpc) is 2.16. The van der Waals surface area contributed by atoms with E-state index in [1.807, 2.05) is 0 Å². The highest BCUT2D eigenvalue weighted by atomic mass is 19.3. The maximum atomic E-state index is 13.0. The first-order valence-corrected chi connectivity index (χ1v) is 4.16. The number of hydrogen-bond acceptors (Lipinski definition) is 4. The lowest BCUT2D eigenvalue weighted by Gasteiger charge is -2.14. The standard InChI is InChI=1S/C9H12F2O4/c1-4-15-8(13)9(10,11)5-6(2)7(12)14-3/h2,4-5H2,1,3H3. The smallest absolute Gasteiger partial charge is 0.377 e. The third-order valence-electron chi connectivity index (χ3n) is 1.48. The number of halogens is 2. The number of esters is 2. The normalized spacial score (nSPS) is 10.7. The number of carbonyl (C=O) groups excluding carboxylic acids is 2. The molecule has 0 unspecified atom stereocenters. The van der Waals surface area contributed by atoms with Crippen molar-refractivity contribution in [2.45, 2.75) is 19.3 Å². The molecule has 0 atom stereocenters. The second-order valence-electron chi connectivity index (χ2n) is 2.70. The molecule has 0 aromatic carbocycles. The third kappa shape index (κ3) is 4.05. The van der Waals surface area contributed by atoms with Gasteiger partial charge >= 0.3 is 17.9 Å². The average molecular weight is 222 g/mol. The molecule has 4 nitrogen and oxygen atoms in total. The summed E-state index contributed by atoms with van der Waals surface area (Å²) in [6, 6.07) is 0. The van der Waals surface area contributed by atoms with Gasteiger partial charge in [0.05, 0.1) is 20.1 Å². The third-order valence-corrected chi connectivity index (χ3v) is 1.48. The van der Waals surface area contributed by atoms with Crippen LogP contribution in [0.1, 0.15) is 13.3 Å². The molecule has 0 saturated heterocycles. The van der Waals surface area contributed by atoms with Crippen LogP contribution in [0.5, 0.6) is 0 Å². The summed E-state index contributed by atoms with van der Waals surface area (Å²) in [5.74, 6) is -6.39. The molecule has 0 aliphatic carbocycles. The van der Waals surface area contributed by atoms with Gasteiger partial charge in [-0.25, -0.2) is 9.59 Å². The predicted octanol–water partition coefficient (Wildman–Crippen LogP) is 1.30. The van der Waals surface area contributed by atoms with Crippen molar-refractivity contribution in [2.24, 2.45) is 0 Å². The first-order chi connectivity index (χ1) is 6.85. The summed E-state index contributed by atoms with van der Waals surface area (Å²) in [5.41, 5.74) is -0.476. The van der Waals surface area contributed by atoms with E-state index in [1.54, 1.807) is 0 Å². The Labute approximate surface area is 85.9 Å². The maximum absolute atomic E-state index is 13.0. The number of alkyl halides is 2. The molecule has 0 rings (SSSR count). The van der Waals surface area contributed by atoms with E-state index >= 15 is 0 Å². The minimum absolute atomic E-state index is 0.154. The fourth-order valence-corrected chi connectivity index (χ4v) is 0.793. The van der Waals surface area contributed by atoms with Crippen LogP contribution in [-0.2, 0) is 19.1 Å². The van der Waals surface area contributed by atoms with Crippen LogP contribution in [0.2, 0.25) is 0 Å². The van der Waals surface area contributed by atoms with Crippen LogP contribution in [0.25, 0.3) is 0 Å². The molecule has 0 saturated carbocycles. The Morgan fingerprint density at radius 3 is 2.33 bits per heavy atom. The van der Waals surface area contributed by atoms with Crippen molar-refractivity contribution in [1.82, 2.24) is 0 Å². The summed E-state index contributed by atoms with van der Waals surface area (Å²) in [6.07, 6.45) is -1.10. The quantitative estimate of drug-likeness (QED) is 0.519. The second-order valence-corrected chi connectivity index (χ2v) is 2.70. The zero-order chi connectivity index (χ0) is 12.1. The molecule has 6 heteroatoms. The fourth-order valence-electron chi connectivity index (χ4n) is 0.793. The Morgan fingerprint density at radius 2 is 1.93 bits per heavy atom.